The summed E-state index contributed by atoms with van der Waals surface area (Å²) in [4.78, 5) is 25.3. The third-order valence-corrected chi connectivity index (χ3v) is 6.55. The van der Waals surface area contributed by atoms with Crippen LogP contribution in [0.15, 0.2) is 24.3 Å². The van der Waals surface area contributed by atoms with E-state index in [4.69, 9.17) is 9.94 Å². The molecule has 1 fully saturated rings. The van der Waals surface area contributed by atoms with Gasteiger partial charge in [-0.15, -0.1) is 0 Å². The summed E-state index contributed by atoms with van der Waals surface area (Å²) in [6.45, 7) is 1.12. The first-order valence-electron chi connectivity index (χ1n) is 8.47. The fourth-order valence-electron chi connectivity index (χ4n) is 2.76. The Kier molecular flexibility index (Phi) is 6.81. The van der Waals surface area contributed by atoms with Crippen molar-refractivity contribution in [3.8, 4) is 11.8 Å². The number of benzene rings is 1. The van der Waals surface area contributed by atoms with Gasteiger partial charge < -0.3 is 4.74 Å². The molecule has 0 spiro atoms. The zero-order valence-electron chi connectivity index (χ0n) is 15.7. The number of hydrogen-bond donors (Lipinski definition) is 2. The summed E-state index contributed by atoms with van der Waals surface area (Å²) < 4.78 is 51.5. The van der Waals surface area contributed by atoms with Gasteiger partial charge in [-0.3, -0.25) is 14.9 Å². The molecule has 2 amide bonds. The zero-order chi connectivity index (χ0) is 21.8. The monoisotopic (exact) mass is 430 g/mol. The quantitative estimate of drug-likeness (QED) is 0.404. The van der Waals surface area contributed by atoms with Crippen LogP contribution in [0.3, 0.4) is 0 Å². The number of nitrogens with one attached hydrogen (secondary N) is 1. The summed E-state index contributed by atoms with van der Waals surface area (Å²) in [7, 11) is -3.93. The van der Waals surface area contributed by atoms with Gasteiger partial charge in [0, 0.05) is 23.9 Å². The van der Waals surface area contributed by atoms with Crippen LogP contribution in [0, 0.1) is 11.8 Å². The molecule has 2 atom stereocenters. The van der Waals surface area contributed by atoms with Crippen molar-refractivity contribution in [3.05, 3.63) is 29.8 Å². The molecule has 1 saturated heterocycles. The van der Waals surface area contributed by atoms with E-state index in [1.807, 2.05) is 0 Å². The van der Waals surface area contributed by atoms with Crippen molar-refractivity contribution in [1.29, 1.82) is 0 Å². The van der Waals surface area contributed by atoms with Crippen LogP contribution in [0.5, 0.6) is 0 Å². The Morgan fingerprint density at radius 2 is 2.03 bits per heavy atom. The van der Waals surface area contributed by atoms with E-state index in [2.05, 4.69) is 11.8 Å². The Morgan fingerprint density at radius 1 is 1.41 bits per heavy atom. The normalized spacial score (nSPS) is 18.6. The highest BCUT2D eigenvalue weighted by Crippen LogP contribution is 2.30. The number of carbonyl (C=O) groups excluding carboxylic acids is 2. The highest BCUT2D eigenvalue weighted by atomic mass is 32.2. The van der Waals surface area contributed by atoms with Gasteiger partial charge in [-0.05, 0) is 31.2 Å². The maximum Gasteiger partial charge on any atom is 0.414 e. The summed E-state index contributed by atoms with van der Waals surface area (Å²) in [5, 5.41) is 8.87. The van der Waals surface area contributed by atoms with E-state index in [9.17, 15) is 26.8 Å². The molecule has 0 aromatic heterocycles. The smallest absolute Gasteiger partial charge is 0.414 e. The van der Waals surface area contributed by atoms with Crippen molar-refractivity contribution in [1.82, 2.24) is 5.48 Å². The maximum atomic E-state index is 12.2. The summed E-state index contributed by atoms with van der Waals surface area (Å²) in [5.74, 6) is 3.80. The van der Waals surface area contributed by atoms with Gasteiger partial charge >= 0.3 is 6.09 Å². The van der Waals surface area contributed by atoms with Crippen LogP contribution in [0.4, 0.5) is 19.3 Å². The first kappa shape index (κ1) is 22.6. The van der Waals surface area contributed by atoms with Crippen molar-refractivity contribution in [3.63, 3.8) is 0 Å². The minimum absolute atomic E-state index is 0.0148. The fourth-order valence-corrected chi connectivity index (χ4v) is 3.63. The average molecular weight is 430 g/mol. The molecule has 1 aromatic carbocycles. The van der Waals surface area contributed by atoms with Crippen LogP contribution in [0.2, 0.25) is 0 Å². The Morgan fingerprint density at radius 3 is 2.55 bits per heavy atom. The Labute approximate surface area is 166 Å². The SMILES string of the molecule is C[C@@](C[C@H]1CN(c2ccc(C#CCC(F)F)cc2)C(=O)O1)(C(=O)NO)S(C)(=O)=O. The predicted octanol–water partition coefficient (Wildman–Crippen LogP) is 1.72. The zero-order valence-corrected chi connectivity index (χ0v) is 16.5. The van der Waals surface area contributed by atoms with Crippen molar-refractivity contribution in [2.75, 3.05) is 17.7 Å². The number of halogens is 2. The van der Waals surface area contributed by atoms with E-state index >= 15 is 0 Å². The lowest BCUT2D eigenvalue weighted by molar-refractivity contribution is -0.132. The molecule has 2 N–H and O–H groups in total. The molecular formula is C18H20F2N2O6S. The highest BCUT2D eigenvalue weighted by molar-refractivity contribution is 7.92. The largest absolute Gasteiger partial charge is 0.444 e. The molecule has 0 unspecified atom stereocenters. The molecule has 1 heterocycles. The summed E-state index contributed by atoms with van der Waals surface area (Å²) in [6.07, 6.45) is -4.19. The van der Waals surface area contributed by atoms with E-state index in [1.54, 1.807) is 24.3 Å². The first-order valence-corrected chi connectivity index (χ1v) is 10.4. The second-order valence-electron chi connectivity index (χ2n) is 6.71. The van der Waals surface area contributed by atoms with Crippen molar-refractivity contribution in [2.24, 2.45) is 0 Å². The van der Waals surface area contributed by atoms with Crippen molar-refractivity contribution < 1.29 is 36.7 Å². The molecule has 1 aliphatic heterocycles. The number of ether oxygens (including phenoxy) is 1. The third-order valence-electron chi connectivity index (χ3n) is 4.56. The third kappa shape index (κ3) is 5.21. The Hall–Kier alpha value is -2.71. The summed E-state index contributed by atoms with van der Waals surface area (Å²) >= 11 is 0. The summed E-state index contributed by atoms with van der Waals surface area (Å²) in [6, 6.07) is 6.20. The lowest BCUT2D eigenvalue weighted by Crippen LogP contribution is -2.51. The number of sulfone groups is 1. The molecule has 1 aromatic rings. The molecule has 2 rings (SSSR count). The molecule has 29 heavy (non-hydrogen) atoms. The van der Waals surface area contributed by atoms with E-state index in [0.717, 1.165) is 13.2 Å². The molecule has 11 heteroatoms. The Balaban J connectivity index is 2.13. The lowest BCUT2D eigenvalue weighted by atomic mass is 10.0. The predicted molar refractivity (Wildman–Crippen MR) is 99.4 cm³/mol. The standard InChI is InChI=1S/C18H20F2N2O6S/c1-18(16(23)21-25,29(2,26)27)10-14-11-22(17(24)28-14)13-8-6-12(7-9-13)4-3-5-15(19)20/h6-9,14-15,25H,5,10-11H2,1-2H3,(H,21,23)/t14-,18+/m0/s1. The maximum absolute atomic E-state index is 12.2. The summed E-state index contributed by atoms with van der Waals surface area (Å²) in [5.41, 5.74) is 2.26. The van der Waals surface area contributed by atoms with Crippen molar-refractivity contribution >= 4 is 27.5 Å². The van der Waals surface area contributed by atoms with Gasteiger partial charge in [0.2, 0.25) is 6.43 Å². The molecule has 0 bridgehead atoms. The molecule has 8 nitrogen and oxygen atoms in total. The van der Waals surface area contributed by atoms with Gasteiger partial charge in [0.25, 0.3) is 5.91 Å². The van der Waals surface area contributed by atoms with E-state index in [1.165, 1.54) is 10.4 Å². The average Bonchev–Trinajstić information content (AvgIpc) is 3.00. The minimum atomic E-state index is -3.93. The van der Waals surface area contributed by atoms with Gasteiger partial charge in [0.1, 0.15) is 6.10 Å². The van der Waals surface area contributed by atoms with Gasteiger partial charge in [-0.25, -0.2) is 27.5 Å². The van der Waals surface area contributed by atoms with Gasteiger partial charge in [0.05, 0.1) is 13.0 Å². The number of carbonyl (C=O) groups is 2. The number of hydroxylamine groups is 1. The lowest BCUT2D eigenvalue weighted by Gasteiger charge is -2.26. The molecule has 0 saturated carbocycles. The molecule has 158 valence electrons. The molecular weight excluding hydrogens is 410 g/mol. The number of alkyl halides is 2. The molecule has 1 aliphatic rings. The van der Waals surface area contributed by atoms with Gasteiger partial charge in [0.15, 0.2) is 14.6 Å². The number of anilines is 1. The topological polar surface area (TPSA) is 113 Å². The van der Waals surface area contributed by atoms with Crippen LogP contribution >= 0.6 is 0 Å². The Bertz CT molecular complexity index is 939. The van der Waals surface area contributed by atoms with E-state index in [-0.39, 0.29) is 13.0 Å². The number of rotatable bonds is 6. The van der Waals surface area contributed by atoms with Gasteiger partial charge in [-0.1, -0.05) is 11.8 Å². The number of hydrogen-bond acceptors (Lipinski definition) is 6. The second kappa shape index (κ2) is 8.75. The van der Waals surface area contributed by atoms with Crippen LogP contribution in [0.25, 0.3) is 0 Å². The minimum Gasteiger partial charge on any atom is -0.444 e. The number of nitrogens with zero attached hydrogens (tertiary/aromatic N) is 1. The van der Waals surface area contributed by atoms with Crippen LogP contribution in [-0.4, -0.2) is 55.7 Å². The number of amides is 2. The van der Waals surface area contributed by atoms with Crippen molar-refractivity contribution in [2.45, 2.75) is 37.0 Å². The highest BCUT2D eigenvalue weighted by Gasteiger charge is 2.48. The van der Waals surface area contributed by atoms with E-state index in [0.29, 0.717) is 11.3 Å². The molecule has 0 aliphatic carbocycles. The second-order valence-corrected chi connectivity index (χ2v) is 9.15. The number of cyclic esters (lactones) is 1. The first-order chi connectivity index (χ1) is 13.5. The van der Waals surface area contributed by atoms with Crippen LogP contribution < -0.4 is 10.4 Å². The van der Waals surface area contributed by atoms with Crippen LogP contribution in [-0.2, 0) is 19.4 Å². The van der Waals surface area contributed by atoms with E-state index < -0.39 is 45.5 Å². The molecule has 0 radical (unpaired) electrons. The van der Waals surface area contributed by atoms with Crippen LogP contribution in [0.1, 0.15) is 25.3 Å². The van der Waals surface area contributed by atoms with Gasteiger partial charge in [-0.2, -0.15) is 0 Å². The fraction of sp³-hybridized carbons (Fsp3) is 0.444.